The summed E-state index contributed by atoms with van der Waals surface area (Å²) < 4.78 is 10.1. The number of carbonyl (C=O) groups is 1. The number of nitrogens with one attached hydrogen (secondary N) is 1. The highest BCUT2D eigenvalue weighted by Crippen LogP contribution is 2.34. The lowest BCUT2D eigenvalue weighted by atomic mass is 9.78. The van der Waals surface area contributed by atoms with Gasteiger partial charge in [-0.15, -0.1) is 12.4 Å². The van der Waals surface area contributed by atoms with Gasteiger partial charge in [-0.05, 0) is 19.3 Å². The Hall–Kier alpha value is -2.06. The first-order valence-corrected chi connectivity index (χ1v) is 6.88. The molecule has 0 spiro atoms. The van der Waals surface area contributed by atoms with Gasteiger partial charge >= 0.3 is 0 Å². The number of amides is 1. The van der Waals surface area contributed by atoms with Crippen molar-refractivity contribution in [2.75, 3.05) is 20.8 Å². The zero-order valence-corrected chi connectivity index (χ0v) is 13.8. The van der Waals surface area contributed by atoms with Crippen LogP contribution in [0, 0.1) is 10.1 Å². The molecular formula is C14H20ClN3O5. The Labute approximate surface area is 139 Å². The normalized spacial score (nSPS) is 14.9. The minimum atomic E-state index is -0.627. The van der Waals surface area contributed by atoms with Crippen molar-refractivity contribution in [1.29, 1.82) is 0 Å². The molecule has 1 saturated carbocycles. The Balaban J connectivity index is 0.00000264. The number of hydrogen-bond acceptors (Lipinski definition) is 6. The van der Waals surface area contributed by atoms with Crippen LogP contribution in [0.15, 0.2) is 12.1 Å². The molecular weight excluding hydrogens is 326 g/mol. The third-order valence-electron chi connectivity index (χ3n) is 3.89. The van der Waals surface area contributed by atoms with Gasteiger partial charge in [0.1, 0.15) is 5.56 Å². The van der Waals surface area contributed by atoms with Crippen molar-refractivity contribution in [3.63, 3.8) is 0 Å². The Morgan fingerprint density at radius 3 is 2.35 bits per heavy atom. The average Bonchev–Trinajstić information content (AvgIpc) is 2.49. The molecule has 0 heterocycles. The fourth-order valence-corrected chi connectivity index (χ4v) is 2.36. The summed E-state index contributed by atoms with van der Waals surface area (Å²) in [6.07, 6.45) is 2.70. The minimum Gasteiger partial charge on any atom is -0.493 e. The van der Waals surface area contributed by atoms with E-state index in [1.54, 1.807) is 0 Å². The Morgan fingerprint density at radius 2 is 1.91 bits per heavy atom. The highest BCUT2D eigenvalue weighted by atomic mass is 35.5. The van der Waals surface area contributed by atoms with Gasteiger partial charge in [-0.1, -0.05) is 0 Å². The van der Waals surface area contributed by atoms with Crippen LogP contribution in [0.1, 0.15) is 29.6 Å². The van der Waals surface area contributed by atoms with Crippen LogP contribution in [0.4, 0.5) is 5.69 Å². The number of methoxy groups -OCH3 is 2. The van der Waals surface area contributed by atoms with Crippen molar-refractivity contribution in [3.05, 3.63) is 27.8 Å². The molecule has 0 aromatic heterocycles. The Bertz CT molecular complexity index is 604. The lowest BCUT2D eigenvalue weighted by Gasteiger charge is -2.38. The van der Waals surface area contributed by atoms with Crippen LogP contribution < -0.4 is 20.5 Å². The molecule has 0 aliphatic heterocycles. The molecule has 1 aromatic rings. The molecule has 1 aromatic carbocycles. The van der Waals surface area contributed by atoms with Crippen LogP contribution in [0.25, 0.3) is 0 Å². The summed E-state index contributed by atoms with van der Waals surface area (Å²) in [6, 6.07) is 2.48. The third-order valence-corrected chi connectivity index (χ3v) is 3.89. The number of halogens is 1. The molecule has 128 valence electrons. The number of hydrogen-bond donors (Lipinski definition) is 2. The summed E-state index contributed by atoms with van der Waals surface area (Å²) >= 11 is 0. The van der Waals surface area contributed by atoms with Crippen molar-refractivity contribution >= 4 is 24.0 Å². The molecule has 0 bridgehead atoms. The van der Waals surface area contributed by atoms with Gasteiger partial charge in [0, 0.05) is 18.2 Å². The quantitative estimate of drug-likeness (QED) is 0.598. The summed E-state index contributed by atoms with van der Waals surface area (Å²) in [6.45, 7) is 0.289. The zero-order chi connectivity index (χ0) is 16.3. The summed E-state index contributed by atoms with van der Waals surface area (Å²) in [5, 5.41) is 13.8. The minimum absolute atomic E-state index is 0. The molecule has 1 aliphatic rings. The first kappa shape index (κ1) is 19.0. The first-order chi connectivity index (χ1) is 10.4. The van der Waals surface area contributed by atoms with E-state index in [1.165, 1.54) is 26.4 Å². The van der Waals surface area contributed by atoms with Gasteiger partial charge in [-0.3, -0.25) is 14.9 Å². The van der Waals surface area contributed by atoms with E-state index in [-0.39, 0.29) is 41.7 Å². The SMILES string of the molecule is COc1cc(C(=O)NCC2(N)CCC2)c([N+](=O)[O-])cc1OC.Cl. The Kier molecular flexibility index (Phi) is 6.17. The molecule has 9 heteroatoms. The van der Waals surface area contributed by atoms with Crippen LogP contribution in [0.5, 0.6) is 11.5 Å². The number of nitro groups is 1. The summed E-state index contributed by atoms with van der Waals surface area (Å²) in [7, 11) is 2.77. The van der Waals surface area contributed by atoms with Gasteiger partial charge in [0.05, 0.1) is 25.2 Å². The molecule has 0 atom stereocenters. The van der Waals surface area contributed by atoms with Crippen LogP contribution >= 0.6 is 12.4 Å². The van der Waals surface area contributed by atoms with Gasteiger partial charge in [-0.25, -0.2) is 0 Å². The maximum absolute atomic E-state index is 12.3. The van der Waals surface area contributed by atoms with Crippen molar-refractivity contribution < 1.29 is 19.2 Å². The topological polar surface area (TPSA) is 117 Å². The van der Waals surface area contributed by atoms with Gasteiger partial charge in [0.15, 0.2) is 11.5 Å². The predicted molar refractivity (Wildman–Crippen MR) is 86.6 cm³/mol. The number of nitrogens with two attached hydrogens (primary N) is 1. The van der Waals surface area contributed by atoms with E-state index >= 15 is 0 Å². The van der Waals surface area contributed by atoms with Gasteiger partial charge in [-0.2, -0.15) is 0 Å². The molecule has 1 amide bonds. The number of benzene rings is 1. The van der Waals surface area contributed by atoms with E-state index in [0.717, 1.165) is 19.3 Å². The van der Waals surface area contributed by atoms with Crippen LogP contribution in [-0.2, 0) is 0 Å². The first-order valence-electron chi connectivity index (χ1n) is 6.88. The highest BCUT2D eigenvalue weighted by molar-refractivity contribution is 5.99. The number of ether oxygens (including phenoxy) is 2. The second-order valence-corrected chi connectivity index (χ2v) is 5.38. The van der Waals surface area contributed by atoms with E-state index < -0.39 is 16.4 Å². The fraction of sp³-hybridized carbons (Fsp3) is 0.500. The van der Waals surface area contributed by atoms with Crippen LogP contribution in [0.2, 0.25) is 0 Å². The molecule has 2 rings (SSSR count). The largest absolute Gasteiger partial charge is 0.493 e. The summed E-state index contributed by atoms with van der Waals surface area (Å²) in [5.74, 6) is -0.103. The van der Waals surface area contributed by atoms with Crippen molar-refractivity contribution in [1.82, 2.24) is 5.32 Å². The Morgan fingerprint density at radius 1 is 1.35 bits per heavy atom. The van der Waals surface area contributed by atoms with Crippen molar-refractivity contribution in [2.24, 2.45) is 5.73 Å². The molecule has 0 unspecified atom stereocenters. The zero-order valence-electron chi connectivity index (χ0n) is 13.0. The molecule has 23 heavy (non-hydrogen) atoms. The van der Waals surface area contributed by atoms with Crippen LogP contribution in [-0.4, -0.2) is 37.1 Å². The maximum Gasteiger partial charge on any atom is 0.286 e. The third kappa shape index (κ3) is 4.02. The number of nitrogens with zero attached hydrogens (tertiary/aromatic N) is 1. The van der Waals surface area contributed by atoms with E-state index in [0.29, 0.717) is 0 Å². The maximum atomic E-state index is 12.3. The second kappa shape index (κ2) is 7.47. The van der Waals surface area contributed by atoms with E-state index in [2.05, 4.69) is 5.32 Å². The van der Waals surface area contributed by atoms with Crippen molar-refractivity contribution in [2.45, 2.75) is 24.8 Å². The molecule has 0 saturated heterocycles. The average molecular weight is 346 g/mol. The van der Waals surface area contributed by atoms with E-state index in [9.17, 15) is 14.9 Å². The summed E-state index contributed by atoms with van der Waals surface area (Å²) in [5.41, 5.74) is 5.22. The molecule has 0 radical (unpaired) electrons. The number of rotatable bonds is 6. The molecule has 3 N–H and O–H groups in total. The predicted octanol–water partition coefficient (Wildman–Crippen LogP) is 1.65. The lowest BCUT2D eigenvalue weighted by Crippen LogP contribution is -2.54. The van der Waals surface area contributed by atoms with Gasteiger partial charge in [0.2, 0.25) is 0 Å². The summed E-state index contributed by atoms with van der Waals surface area (Å²) in [4.78, 5) is 22.8. The monoisotopic (exact) mass is 345 g/mol. The van der Waals surface area contributed by atoms with E-state index in [4.69, 9.17) is 15.2 Å². The molecule has 8 nitrogen and oxygen atoms in total. The van der Waals surface area contributed by atoms with Gasteiger partial charge < -0.3 is 20.5 Å². The highest BCUT2D eigenvalue weighted by Gasteiger charge is 2.33. The number of nitro benzene ring substituents is 1. The smallest absolute Gasteiger partial charge is 0.286 e. The number of carbonyl (C=O) groups excluding carboxylic acids is 1. The second-order valence-electron chi connectivity index (χ2n) is 5.38. The van der Waals surface area contributed by atoms with E-state index in [1.807, 2.05) is 0 Å². The van der Waals surface area contributed by atoms with Crippen molar-refractivity contribution in [3.8, 4) is 11.5 Å². The van der Waals surface area contributed by atoms with Crippen LogP contribution in [0.3, 0.4) is 0 Å². The molecule has 1 aliphatic carbocycles. The van der Waals surface area contributed by atoms with Gasteiger partial charge in [0.25, 0.3) is 11.6 Å². The molecule has 1 fully saturated rings. The fourth-order valence-electron chi connectivity index (χ4n) is 2.36. The standard InChI is InChI=1S/C14H19N3O5.ClH/c1-21-11-6-9(10(17(19)20)7-12(11)22-2)13(18)16-8-14(15)4-3-5-14;/h6-7H,3-5,8,15H2,1-2H3,(H,16,18);1H. The lowest BCUT2D eigenvalue weighted by molar-refractivity contribution is -0.385.